The normalized spacial score (nSPS) is 10.4. The molecule has 0 saturated carbocycles. The van der Waals surface area contributed by atoms with Crippen molar-refractivity contribution < 1.29 is 4.79 Å². The summed E-state index contributed by atoms with van der Waals surface area (Å²) in [4.78, 5) is 14.9. The summed E-state index contributed by atoms with van der Waals surface area (Å²) < 4.78 is 4.87. The molecule has 1 heterocycles. The van der Waals surface area contributed by atoms with E-state index in [9.17, 15) is 4.79 Å². The summed E-state index contributed by atoms with van der Waals surface area (Å²) >= 11 is 7.88. The predicted molar refractivity (Wildman–Crippen MR) is 82.1 cm³/mol. The smallest absolute Gasteiger partial charge is 0.150 e. The van der Waals surface area contributed by atoms with Gasteiger partial charge in [-0.2, -0.15) is 0 Å². The molecule has 0 aliphatic heterocycles. The minimum Gasteiger partial charge on any atom is -0.298 e. The first-order valence-corrected chi connectivity index (χ1v) is 7.22. The zero-order valence-corrected chi connectivity index (χ0v) is 13.7. The summed E-state index contributed by atoms with van der Waals surface area (Å²) in [5, 5.41) is 0. The van der Waals surface area contributed by atoms with Crippen LogP contribution in [0.4, 0.5) is 0 Å². The molecule has 0 saturated heterocycles. The molecule has 0 bridgehead atoms. The van der Waals surface area contributed by atoms with E-state index in [0.29, 0.717) is 5.56 Å². The van der Waals surface area contributed by atoms with Gasteiger partial charge in [0.05, 0.1) is 5.69 Å². The van der Waals surface area contributed by atoms with Crippen LogP contribution < -0.4 is 0 Å². The molecule has 0 aliphatic carbocycles. The Balaban J connectivity index is 2.56. The minimum atomic E-state index is 0.653. The zero-order valence-electron chi connectivity index (χ0n) is 7.82. The van der Waals surface area contributed by atoms with Crippen LogP contribution in [-0.4, -0.2) is 15.8 Å². The number of aromatic nitrogens is 2. The maximum absolute atomic E-state index is 10.6. The highest BCUT2D eigenvalue weighted by molar-refractivity contribution is 14.1. The predicted octanol–water partition coefficient (Wildman–Crippen LogP) is 3.66. The molecule has 0 aliphatic rings. The van der Waals surface area contributed by atoms with Crippen LogP contribution in [0, 0.1) is 7.40 Å². The molecule has 2 aromatic rings. The zero-order chi connectivity index (χ0) is 11.7. The largest absolute Gasteiger partial charge is 0.298 e. The molecule has 3 nitrogen and oxygen atoms in total. The number of rotatable bonds is 2. The van der Waals surface area contributed by atoms with Crippen LogP contribution in [0.2, 0.25) is 0 Å². The number of hydrogen-bond donors (Lipinski definition) is 0. The molecule has 1 aromatic heterocycles. The second-order valence-corrected chi connectivity index (χ2v) is 5.92. The highest BCUT2D eigenvalue weighted by Gasteiger charge is 2.09. The summed E-state index contributed by atoms with van der Waals surface area (Å²) in [6.45, 7) is 0. The van der Waals surface area contributed by atoms with E-state index in [4.69, 9.17) is 0 Å². The van der Waals surface area contributed by atoms with Gasteiger partial charge in [0.2, 0.25) is 0 Å². The number of benzene rings is 1. The lowest BCUT2D eigenvalue weighted by atomic mass is 10.2. The van der Waals surface area contributed by atoms with Crippen molar-refractivity contribution in [2.24, 2.45) is 0 Å². The third-order valence-electron chi connectivity index (χ3n) is 2.04. The van der Waals surface area contributed by atoms with Gasteiger partial charge in [-0.05, 0) is 79.3 Å². The number of carbonyl (C=O) groups excluding carboxylic acids is 1. The van der Waals surface area contributed by atoms with Crippen molar-refractivity contribution in [1.82, 2.24) is 9.55 Å². The maximum Gasteiger partial charge on any atom is 0.150 e. The fraction of sp³-hybridized carbons (Fsp3) is 0. The average molecular weight is 503 g/mol. The highest BCUT2D eigenvalue weighted by atomic mass is 127. The molecule has 1 aromatic carbocycles. The van der Waals surface area contributed by atoms with E-state index in [0.717, 1.165) is 23.8 Å². The van der Waals surface area contributed by atoms with Crippen LogP contribution in [0.5, 0.6) is 0 Å². The summed E-state index contributed by atoms with van der Waals surface area (Å²) in [5.74, 6) is 0. The monoisotopic (exact) mass is 502 g/mol. The van der Waals surface area contributed by atoms with Crippen LogP contribution >= 0.6 is 61.1 Å². The Labute approximate surface area is 128 Å². The highest BCUT2D eigenvalue weighted by Crippen LogP contribution is 2.25. The van der Waals surface area contributed by atoms with Crippen molar-refractivity contribution in [2.45, 2.75) is 0 Å². The summed E-state index contributed by atoms with van der Waals surface area (Å²) in [6.07, 6.45) is 2.60. The fourth-order valence-corrected chi connectivity index (χ4v) is 2.77. The number of imidazole rings is 1. The van der Waals surface area contributed by atoms with Crippen molar-refractivity contribution in [3.8, 4) is 5.69 Å². The van der Waals surface area contributed by atoms with Gasteiger partial charge in [-0.3, -0.25) is 9.36 Å². The molecule has 0 amide bonds. The Morgan fingerprint density at radius 1 is 1.38 bits per heavy atom. The van der Waals surface area contributed by atoms with Gasteiger partial charge in [0.15, 0.2) is 0 Å². The van der Waals surface area contributed by atoms with Crippen molar-refractivity contribution in [3.05, 3.63) is 42.0 Å². The van der Waals surface area contributed by atoms with Crippen molar-refractivity contribution in [2.75, 3.05) is 0 Å². The van der Waals surface area contributed by atoms with Crippen LogP contribution in [-0.2, 0) is 0 Å². The van der Waals surface area contributed by atoms with Crippen LogP contribution in [0.15, 0.2) is 29.0 Å². The Morgan fingerprint density at radius 2 is 2.12 bits per heavy atom. The van der Waals surface area contributed by atoms with E-state index >= 15 is 0 Å². The van der Waals surface area contributed by atoms with Gasteiger partial charge in [0.1, 0.15) is 20.0 Å². The van der Waals surface area contributed by atoms with Gasteiger partial charge in [0.25, 0.3) is 0 Å². The van der Waals surface area contributed by atoms with Crippen molar-refractivity contribution >= 4 is 67.4 Å². The van der Waals surface area contributed by atoms with Gasteiger partial charge in [-0.25, -0.2) is 4.98 Å². The number of halogens is 3. The van der Waals surface area contributed by atoms with Crippen molar-refractivity contribution in [3.63, 3.8) is 0 Å². The molecule has 0 radical (unpaired) electrons. The Kier molecular flexibility index (Phi) is 4.01. The number of hydrogen-bond acceptors (Lipinski definition) is 2. The van der Waals surface area contributed by atoms with E-state index in [2.05, 4.69) is 66.1 Å². The standard InChI is InChI=1S/C10H5BrI2N2O/c11-7-3-6(4-16)1-2-8(7)15-5-14-9(12)10(15)13/h1-5H. The van der Waals surface area contributed by atoms with E-state index < -0.39 is 0 Å². The van der Waals surface area contributed by atoms with E-state index in [1.165, 1.54) is 0 Å². The lowest BCUT2D eigenvalue weighted by molar-refractivity contribution is 0.112. The molecular weight excluding hydrogens is 498 g/mol. The van der Waals surface area contributed by atoms with E-state index in [-0.39, 0.29) is 0 Å². The Hall–Kier alpha value is 0.0400. The summed E-state index contributed by atoms with van der Waals surface area (Å²) in [5.41, 5.74) is 1.63. The quantitative estimate of drug-likeness (QED) is 0.464. The first kappa shape index (κ1) is 12.5. The number of nitrogens with zero attached hydrogens (tertiary/aromatic N) is 2. The summed E-state index contributed by atoms with van der Waals surface area (Å²) in [6, 6.07) is 5.48. The molecule has 82 valence electrons. The molecule has 2 rings (SSSR count). The molecule has 16 heavy (non-hydrogen) atoms. The van der Waals surface area contributed by atoms with Gasteiger partial charge in [0, 0.05) is 10.0 Å². The SMILES string of the molecule is O=Cc1ccc(-n2cnc(I)c2I)c(Br)c1. The summed E-state index contributed by atoms with van der Waals surface area (Å²) in [7, 11) is 0. The topological polar surface area (TPSA) is 34.9 Å². The van der Waals surface area contributed by atoms with Crippen LogP contribution in [0.1, 0.15) is 10.4 Å². The van der Waals surface area contributed by atoms with E-state index in [1.807, 2.05) is 10.6 Å². The molecule has 0 fully saturated rings. The Bertz CT molecular complexity index is 554. The number of carbonyl (C=O) groups is 1. The molecule has 6 heteroatoms. The minimum absolute atomic E-state index is 0.653. The number of aldehydes is 1. The third kappa shape index (κ3) is 2.33. The first-order chi connectivity index (χ1) is 7.63. The first-order valence-electron chi connectivity index (χ1n) is 4.27. The fourth-order valence-electron chi connectivity index (χ4n) is 1.27. The van der Waals surface area contributed by atoms with Gasteiger partial charge in [-0.1, -0.05) is 0 Å². The van der Waals surface area contributed by atoms with Crippen LogP contribution in [0.3, 0.4) is 0 Å². The third-order valence-corrected chi connectivity index (χ3v) is 5.52. The molecule has 0 unspecified atom stereocenters. The van der Waals surface area contributed by atoms with Gasteiger partial charge < -0.3 is 0 Å². The average Bonchev–Trinajstić information content (AvgIpc) is 2.60. The Morgan fingerprint density at radius 3 is 2.62 bits per heavy atom. The lowest BCUT2D eigenvalue weighted by Gasteiger charge is -2.07. The van der Waals surface area contributed by atoms with Crippen molar-refractivity contribution in [1.29, 1.82) is 0 Å². The van der Waals surface area contributed by atoms with Crippen LogP contribution in [0.25, 0.3) is 5.69 Å². The second-order valence-electron chi connectivity index (χ2n) is 3.02. The molecule has 0 atom stereocenters. The van der Waals surface area contributed by atoms with Gasteiger partial charge in [-0.15, -0.1) is 0 Å². The molecular formula is C10H5BrI2N2O. The maximum atomic E-state index is 10.6. The second kappa shape index (κ2) is 5.13. The van der Waals surface area contributed by atoms with Gasteiger partial charge >= 0.3 is 0 Å². The van der Waals surface area contributed by atoms with E-state index in [1.54, 1.807) is 18.5 Å². The molecule has 0 spiro atoms. The molecule has 0 N–H and O–H groups in total. The lowest BCUT2D eigenvalue weighted by Crippen LogP contribution is -1.97.